The molecule has 0 unspecified atom stereocenters. The third-order valence-corrected chi connectivity index (χ3v) is 7.42. The molecule has 2 aliphatic rings. The molecule has 2 saturated heterocycles. The third-order valence-electron chi connectivity index (χ3n) is 7.42. The van der Waals surface area contributed by atoms with E-state index in [0.717, 1.165) is 26.1 Å². The van der Waals surface area contributed by atoms with Gasteiger partial charge in [-0.3, -0.25) is 9.69 Å². The number of rotatable bonds is 5. The maximum absolute atomic E-state index is 14.2. The van der Waals surface area contributed by atoms with E-state index in [4.69, 9.17) is 0 Å². The van der Waals surface area contributed by atoms with E-state index in [1.807, 2.05) is 23.1 Å². The number of carbonyl (C=O) groups excluding carboxylic acids is 1. The van der Waals surface area contributed by atoms with Gasteiger partial charge in [-0.05, 0) is 42.5 Å². The first kappa shape index (κ1) is 23.6. The fourth-order valence-corrected chi connectivity index (χ4v) is 5.64. The third kappa shape index (κ3) is 5.57. The van der Waals surface area contributed by atoms with Crippen LogP contribution in [0.1, 0.15) is 29.0 Å². The lowest BCUT2D eigenvalue weighted by Gasteiger charge is -2.42. The summed E-state index contributed by atoms with van der Waals surface area (Å²) in [6.45, 7) is 7.32. The number of carbonyl (C=O) groups is 1. The summed E-state index contributed by atoms with van der Waals surface area (Å²) in [7, 11) is 0. The Labute approximate surface area is 208 Å². The quantitative estimate of drug-likeness (QED) is 0.519. The number of hydrogen-bond donors (Lipinski definition) is 0. The van der Waals surface area contributed by atoms with Gasteiger partial charge in [0.1, 0.15) is 5.82 Å². The van der Waals surface area contributed by atoms with Gasteiger partial charge in [-0.2, -0.15) is 0 Å². The molecule has 0 N–H and O–H groups in total. The normalized spacial score (nSPS) is 21.2. The Kier molecular flexibility index (Phi) is 7.14. The molecule has 2 heterocycles. The highest BCUT2D eigenvalue weighted by atomic mass is 19.1. The van der Waals surface area contributed by atoms with Gasteiger partial charge in [-0.25, -0.2) is 4.39 Å². The Morgan fingerprint density at radius 2 is 1.63 bits per heavy atom. The summed E-state index contributed by atoms with van der Waals surface area (Å²) >= 11 is 0. The summed E-state index contributed by atoms with van der Waals surface area (Å²) in [6, 6.07) is 26.2. The van der Waals surface area contributed by atoms with Gasteiger partial charge in [0.05, 0.1) is 11.6 Å². The highest BCUT2D eigenvalue weighted by molar-refractivity contribution is 5.79. The number of benzene rings is 3. The fourth-order valence-electron chi connectivity index (χ4n) is 5.64. The van der Waals surface area contributed by atoms with Crippen LogP contribution in [0, 0.1) is 18.7 Å². The minimum Gasteiger partial charge on any atom is -0.366 e. The molecule has 0 spiro atoms. The first-order valence-electron chi connectivity index (χ1n) is 12.7. The van der Waals surface area contributed by atoms with Crippen LogP contribution in [0.4, 0.5) is 10.1 Å². The molecule has 4 nitrogen and oxygen atoms in total. The summed E-state index contributed by atoms with van der Waals surface area (Å²) < 4.78 is 14.2. The monoisotopic (exact) mass is 471 g/mol. The van der Waals surface area contributed by atoms with Crippen LogP contribution >= 0.6 is 0 Å². The minimum atomic E-state index is -0.197. The Morgan fingerprint density at radius 1 is 0.886 bits per heavy atom. The molecule has 0 saturated carbocycles. The Hall–Kier alpha value is -3.18. The highest BCUT2D eigenvalue weighted by Crippen LogP contribution is 2.33. The smallest absolute Gasteiger partial charge is 0.227 e. The van der Waals surface area contributed by atoms with Gasteiger partial charge in [0.25, 0.3) is 0 Å². The van der Waals surface area contributed by atoms with Gasteiger partial charge in [0.2, 0.25) is 5.91 Å². The first-order chi connectivity index (χ1) is 17.1. The van der Waals surface area contributed by atoms with Crippen molar-refractivity contribution in [3.63, 3.8) is 0 Å². The van der Waals surface area contributed by atoms with Crippen molar-refractivity contribution in [2.75, 3.05) is 44.2 Å². The number of halogens is 1. The van der Waals surface area contributed by atoms with Crippen LogP contribution in [-0.4, -0.2) is 55.0 Å². The molecule has 0 radical (unpaired) electrons. The van der Waals surface area contributed by atoms with Crippen molar-refractivity contribution in [2.45, 2.75) is 25.8 Å². The van der Waals surface area contributed by atoms with Crippen molar-refractivity contribution >= 4 is 11.6 Å². The van der Waals surface area contributed by atoms with E-state index in [0.29, 0.717) is 37.8 Å². The van der Waals surface area contributed by atoms with Gasteiger partial charge in [0, 0.05) is 45.8 Å². The molecule has 2 aliphatic heterocycles. The maximum atomic E-state index is 14.2. The van der Waals surface area contributed by atoms with Crippen LogP contribution in [0.25, 0.3) is 0 Å². The van der Waals surface area contributed by atoms with Crippen LogP contribution in [0.3, 0.4) is 0 Å². The molecule has 0 bridgehead atoms. The molecule has 182 valence electrons. The molecule has 5 heteroatoms. The van der Waals surface area contributed by atoms with E-state index < -0.39 is 0 Å². The Morgan fingerprint density at radius 3 is 2.37 bits per heavy atom. The van der Waals surface area contributed by atoms with Gasteiger partial charge < -0.3 is 9.80 Å². The molecule has 2 atom stereocenters. The predicted octanol–water partition coefficient (Wildman–Crippen LogP) is 5.09. The zero-order valence-corrected chi connectivity index (χ0v) is 20.4. The lowest BCUT2D eigenvalue weighted by molar-refractivity contribution is -0.138. The molecular formula is C30H34FN3O. The number of hydrogen-bond acceptors (Lipinski definition) is 3. The zero-order valence-electron chi connectivity index (χ0n) is 20.4. The summed E-state index contributed by atoms with van der Waals surface area (Å²) in [5, 5.41) is 0. The van der Waals surface area contributed by atoms with Crippen molar-refractivity contribution < 1.29 is 9.18 Å². The van der Waals surface area contributed by atoms with Crippen molar-refractivity contribution in [1.29, 1.82) is 0 Å². The second kappa shape index (κ2) is 10.6. The van der Waals surface area contributed by atoms with Crippen LogP contribution in [0.2, 0.25) is 0 Å². The highest BCUT2D eigenvalue weighted by Gasteiger charge is 2.35. The number of piperidine rings is 1. The van der Waals surface area contributed by atoms with Crippen LogP contribution in [-0.2, 0) is 11.3 Å². The SMILES string of the molecule is Cc1cccc([C@H]2C[C@H](C(=O)N3CCN(c4ccccc4F)CC3)CN(Cc3ccccc3)C2)c1. The maximum Gasteiger partial charge on any atom is 0.227 e. The predicted molar refractivity (Wildman–Crippen MR) is 139 cm³/mol. The number of nitrogens with zero attached hydrogens (tertiary/aromatic N) is 3. The zero-order chi connectivity index (χ0) is 24.2. The van der Waals surface area contributed by atoms with Crippen molar-refractivity contribution in [3.05, 3.63) is 101 Å². The van der Waals surface area contributed by atoms with Crippen molar-refractivity contribution in [2.24, 2.45) is 5.92 Å². The van der Waals surface area contributed by atoms with Gasteiger partial charge in [-0.15, -0.1) is 0 Å². The lowest BCUT2D eigenvalue weighted by atomic mass is 9.83. The molecule has 3 aromatic carbocycles. The first-order valence-corrected chi connectivity index (χ1v) is 12.7. The number of para-hydroxylation sites is 1. The Bertz CT molecular complexity index is 1140. The molecule has 3 aromatic rings. The second-order valence-corrected chi connectivity index (χ2v) is 9.99. The molecular weight excluding hydrogens is 437 g/mol. The van der Waals surface area contributed by atoms with Gasteiger partial charge in [-0.1, -0.05) is 72.3 Å². The summed E-state index contributed by atoms with van der Waals surface area (Å²) in [5.41, 5.74) is 4.49. The van der Waals surface area contributed by atoms with E-state index in [2.05, 4.69) is 65.3 Å². The number of amides is 1. The minimum absolute atomic E-state index is 0.0296. The lowest BCUT2D eigenvalue weighted by Crippen LogP contribution is -2.53. The fraction of sp³-hybridized carbons (Fsp3) is 0.367. The molecule has 35 heavy (non-hydrogen) atoms. The van der Waals surface area contributed by atoms with E-state index in [9.17, 15) is 9.18 Å². The number of piperazine rings is 1. The average Bonchev–Trinajstić information content (AvgIpc) is 2.89. The standard InChI is InChI=1S/C30H34FN3O/c1-23-8-7-11-25(18-23)26-19-27(22-32(21-26)20-24-9-3-2-4-10-24)30(35)34-16-14-33(15-17-34)29-13-6-5-12-28(29)31/h2-13,18,26-27H,14-17,19-22H2,1H3/t26-,27-/m0/s1. The van der Waals surface area contributed by atoms with E-state index >= 15 is 0 Å². The topological polar surface area (TPSA) is 26.8 Å². The van der Waals surface area contributed by atoms with Crippen LogP contribution in [0.5, 0.6) is 0 Å². The second-order valence-electron chi connectivity index (χ2n) is 9.99. The van der Waals surface area contributed by atoms with E-state index in [1.165, 1.54) is 22.8 Å². The Balaban J connectivity index is 1.29. The van der Waals surface area contributed by atoms with Crippen molar-refractivity contribution in [1.82, 2.24) is 9.80 Å². The molecule has 0 aromatic heterocycles. The number of likely N-dealkylation sites (tertiary alicyclic amines) is 1. The molecule has 0 aliphatic carbocycles. The average molecular weight is 472 g/mol. The largest absolute Gasteiger partial charge is 0.366 e. The van der Waals surface area contributed by atoms with Crippen LogP contribution < -0.4 is 4.90 Å². The summed E-state index contributed by atoms with van der Waals surface area (Å²) in [4.78, 5) is 20.2. The summed E-state index contributed by atoms with van der Waals surface area (Å²) in [6.07, 6.45) is 0.876. The van der Waals surface area contributed by atoms with Gasteiger partial charge in [0.15, 0.2) is 0 Å². The van der Waals surface area contributed by atoms with E-state index in [-0.39, 0.29) is 17.6 Å². The van der Waals surface area contributed by atoms with Crippen LogP contribution in [0.15, 0.2) is 78.9 Å². The summed E-state index contributed by atoms with van der Waals surface area (Å²) in [5.74, 6) is 0.352. The molecule has 1 amide bonds. The van der Waals surface area contributed by atoms with Gasteiger partial charge >= 0.3 is 0 Å². The number of anilines is 1. The molecule has 5 rings (SSSR count). The van der Waals surface area contributed by atoms with E-state index in [1.54, 1.807) is 6.07 Å². The van der Waals surface area contributed by atoms with Crippen molar-refractivity contribution in [3.8, 4) is 0 Å². The molecule has 2 fully saturated rings. The number of aryl methyl sites for hydroxylation is 1.